The molecule has 1 unspecified atom stereocenters. The zero-order valence-corrected chi connectivity index (χ0v) is 12.1. The third-order valence-electron chi connectivity index (χ3n) is 1.06. The molecule has 0 saturated carbocycles. The Labute approximate surface area is 116 Å². The van der Waals surface area contributed by atoms with Gasteiger partial charge in [0.05, 0.1) is 24.7 Å². The third-order valence-corrected chi connectivity index (χ3v) is 2.45. The second-order valence-corrected chi connectivity index (χ2v) is 6.18. The number of rotatable bonds is 5. The summed E-state index contributed by atoms with van der Waals surface area (Å²) >= 11 is 0. The number of aliphatic hydroxyl groups excluding tert-OH is 3. The second kappa shape index (κ2) is 12.0. The number of carbonyl (C=O) groups is 1. The summed E-state index contributed by atoms with van der Waals surface area (Å²) in [7, 11) is -7.85. The van der Waals surface area contributed by atoms with Gasteiger partial charge in [-0.25, -0.2) is 4.79 Å². The molecule has 0 aromatic rings. The zero-order valence-electron chi connectivity index (χ0n) is 10.4. The summed E-state index contributed by atoms with van der Waals surface area (Å²) in [5.74, 6) is -2.34. The predicted octanol–water partition coefficient (Wildman–Crippen LogP) is -2.82. The van der Waals surface area contributed by atoms with Crippen molar-refractivity contribution in [2.45, 2.75) is 13.0 Å². The van der Waals surface area contributed by atoms with Crippen LogP contribution in [0.4, 0.5) is 0 Å². The molecule has 0 saturated heterocycles. The van der Waals surface area contributed by atoms with Gasteiger partial charge in [-0.05, 0) is 6.92 Å². The highest BCUT2D eigenvalue weighted by molar-refractivity contribution is 7.86. The monoisotopic (exact) mass is 342 g/mol. The second-order valence-electron chi connectivity index (χ2n) is 3.03. The summed E-state index contributed by atoms with van der Waals surface area (Å²) in [6.45, 7) is 0.139. The molecule has 0 rings (SSSR count). The fourth-order valence-corrected chi connectivity index (χ4v) is 0.692. The van der Waals surface area contributed by atoms with E-state index in [0.29, 0.717) is 0 Å². The Morgan fingerprint density at radius 2 is 1.15 bits per heavy atom. The Morgan fingerprint density at radius 1 is 0.950 bits per heavy atom. The topological polar surface area (TPSA) is 207 Å². The van der Waals surface area contributed by atoms with Gasteiger partial charge in [-0.1, -0.05) is 0 Å². The highest BCUT2D eigenvalue weighted by atomic mass is 32.2. The highest BCUT2D eigenvalue weighted by Crippen LogP contribution is 1.76. The van der Waals surface area contributed by atoms with Gasteiger partial charge in [0, 0.05) is 0 Å². The molecule has 0 aliphatic carbocycles. The van der Waals surface area contributed by atoms with Gasteiger partial charge in [0.25, 0.3) is 20.2 Å². The molecule has 0 aromatic heterocycles. The van der Waals surface area contributed by atoms with Crippen molar-refractivity contribution in [3.63, 3.8) is 0 Å². The van der Waals surface area contributed by atoms with Gasteiger partial charge in [0.15, 0.2) is 0 Å². The van der Waals surface area contributed by atoms with Crippen molar-refractivity contribution in [1.29, 1.82) is 0 Å². The number of hydrogen-bond acceptors (Lipinski definition) is 8. The van der Waals surface area contributed by atoms with Crippen LogP contribution in [0.2, 0.25) is 0 Å². The quantitative estimate of drug-likeness (QED) is 0.281. The Balaban J connectivity index is -0.000000218. The van der Waals surface area contributed by atoms with Crippen LogP contribution in [0, 0.1) is 0 Å². The Hall–Kier alpha value is -0.830. The maximum absolute atomic E-state index is 9.63. The number of carboxylic acid groups (broad SMARTS) is 1. The van der Waals surface area contributed by atoms with Crippen LogP contribution in [0.1, 0.15) is 6.92 Å². The van der Waals surface area contributed by atoms with E-state index < -0.39 is 57.0 Å². The molecule has 0 aromatic carbocycles. The molecule has 0 aliphatic rings. The fourth-order valence-electron chi connectivity index (χ4n) is 0.231. The lowest BCUT2D eigenvalue weighted by atomic mass is 10.4. The van der Waals surface area contributed by atoms with E-state index >= 15 is 0 Å². The Bertz CT molecular complexity index is 401. The van der Waals surface area contributed by atoms with E-state index in [1.165, 1.54) is 6.92 Å². The Kier molecular flexibility index (Phi) is 14.5. The first kappa shape index (κ1) is 24.2. The van der Waals surface area contributed by atoms with Crippen LogP contribution >= 0.6 is 0 Å². The lowest BCUT2D eigenvalue weighted by molar-refractivity contribution is -0.145. The first-order valence-corrected chi connectivity index (χ1v) is 8.01. The standard InChI is InChI=1S/C3H6O3.2C2H6O4S/c1-2(4)3(5)6;2*3-1-2-7(4,5)6/h2,4H,1H3,(H,5,6);2*3H,1-2H2,(H,4,5,6). The maximum Gasteiger partial charge on any atom is 0.332 e. The van der Waals surface area contributed by atoms with Crippen molar-refractivity contribution in [2.75, 3.05) is 24.7 Å². The molecule has 0 spiro atoms. The smallest absolute Gasteiger partial charge is 0.332 e. The lowest BCUT2D eigenvalue weighted by Crippen LogP contribution is -2.13. The first-order valence-electron chi connectivity index (χ1n) is 4.79. The molecule has 0 fully saturated rings. The third kappa shape index (κ3) is 36.0. The molecule has 0 heterocycles. The molecule has 0 bridgehead atoms. The van der Waals surface area contributed by atoms with Crippen LogP contribution in [0.15, 0.2) is 0 Å². The van der Waals surface area contributed by atoms with E-state index in [1.807, 2.05) is 0 Å². The number of hydrogen-bond donors (Lipinski definition) is 6. The maximum atomic E-state index is 9.63. The number of aliphatic hydroxyl groups is 3. The molecular weight excluding hydrogens is 324 g/mol. The van der Waals surface area contributed by atoms with Crippen LogP contribution in [-0.2, 0) is 25.0 Å². The van der Waals surface area contributed by atoms with Crippen molar-refractivity contribution in [3.05, 3.63) is 0 Å². The Morgan fingerprint density at radius 3 is 1.15 bits per heavy atom. The average Bonchev–Trinajstić information content (AvgIpc) is 2.15. The molecular formula is C7H18O11S2. The molecule has 0 aliphatic heterocycles. The minimum absolute atomic E-state index is 0.529. The summed E-state index contributed by atoms with van der Waals surface area (Å²) in [4.78, 5) is 9.45. The molecule has 13 heteroatoms. The SMILES string of the molecule is CC(O)C(=O)O.O=S(=O)(O)CCO.O=S(=O)(O)CCO. The molecule has 124 valence electrons. The average molecular weight is 342 g/mol. The summed E-state index contributed by atoms with van der Waals surface area (Å²) in [5, 5.41) is 31.5. The van der Waals surface area contributed by atoms with E-state index in [-0.39, 0.29) is 0 Å². The minimum atomic E-state index is -3.92. The van der Waals surface area contributed by atoms with E-state index in [0.717, 1.165) is 0 Å². The molecule has 0 amide bonds. The first-order chi connectivity index (χ1) is 8.76. The number of carboxylic acids is 1. The largest absolute Gasteiger partial charge is 0.479 e. The van der Waals surface area contributed by atoms with Crippen molar-refractivity contribution in [2.24, 2.45) is 0 Å². The summed E-state index contributed by atoms with van der Waals surface area (Å²) in [5.41, 5.74) is 0. The minimum Gasteiger partial charge on any atom is -0.479 e. The molecule has 11 nitrogen and oxygen atoms in total. The van der Waals surface area contributed by atoms with Gasteiger partial charge in [0.2, 0.25) is 0 Å². The van der Waals surface area contributed by atoms with Crippen molar-refractivity contribution < 1.29 is 51.2 Å². The zero-order chi connectivity index (χ0) is 17.0. The summed E-state index contributed by atoms with van der Waals surface area (Å²) in [6.07, 6.45) is -1.23. The van der Waals surface area contributed by atoms with Gasteiger partial charge < -0.3 is 20.4 Å². The van der Waals surface area contributed by atoms with E-state index in [2.05, 4.69) is 0 Å². The van der Waals surface area contributed by atoms with Gasteiger partial charge >= 0.3 is 5.97 Å². The van der Waals surface area contributed by atoms with Gasteiger partial charge in [-0.3, -0.25) is 9.11 Å². The normalized spacial score (nSPS) is 12.3. The predicted molar refractivity (Wildman–Crippen MR) is 66.3 cm³/mol. The van der Waals surface area contributed by atoms with E-state index in [4.69, 9.17) is 29.5 Å². The van der Waals surface area contributed by atoms with Crippen LogP contribution in [-0.4, -0.2) is 83.2 Å². The number of aliphatic carboxylic acids is 1. The molecule has 20 heavy (non-hydrogen) atoms. The molecule has 1 atom stereocenters. The highest BCUT2D eigenvalue weighted by Gasteiger charge is 2.01. The molecule has 6 N–H and O–H groups in total. The molecule has 0 radical (unpaired) electrons. The van der Waals surface area contributed by atoms with Crippen LogP contribution in [0.3, 0.4) is 0 Å². The lowest BCUT2D eigenvalue weighted by Gasteiger charge is -1.89. The van der Waals surface area contributed by atoms with Crippen molar-refractivity contribution in [1.82, 2.24) is 0 Å². The van der Waals surface area contributed by atoms with Gasteiger partial charge in [0.1, 0.15) is 6.10 Å². The van der Waals surface area contributed by atoms with Gasteiger partial charge in [-0.15, -0.1) is 0 Å². The fraction of sp³-hybridized carbons (Fsp3) is 0.857. The van der Waals surface area contributed by atoms with Crippen LogP contribution < -0.4 is 0 Å². The van der Waals surface area contributed by atoms with Crippen LogP contribution in [0.25, 0.3) is 0 Å². The summed E-state index contributed by atoms with van der Waals surface area (Å²) in [6, 6.07) is 0. The van der Waals surface area contributed by atoms with Crippen molar-refractivity contribution >= 4 is 26.2 Å². The van der Waals surface area contributed by atoms with Crippen LogP contribution in [0.5, 0.6) is 0 Å². The van der Waals surface area contributed by atoms with Gasteiger partial charge in [-0.2, -0.15) is 16.8 Å². The summed E-state index contributed by atoms with van der Waals surface area (Å²) < 4.78 is 54.2. The van der Waals surface area contributed by atoms with E-state index in [9.17, 15) is 21.6 Å². The van der Waals surface area contributed by atoms with E-state index in [1.54, 1.807) is 0 Å². The van der Waals surface area contributed by atoms with Crippen molar-refractivity contribution in [3.8, 4) is 0 Å².